The molecule has 3 nitrogen and oxygen atoms in total. The molecule has 2 aromatic rings. The summed E-state index contributed by atoms with van der Waals surface area (Å²) in [6.07, 6.45) is 0.485. The highest BCUT2D eigenvalue weighted by Crippen LogP contribution is 2.36. The number of halogens is 1. The molecule has 0 saturated carbocycles. The van der Waals surface area contributed by atoms with Crippen molar-refractivity contribution in [2.45, 2.75) is 12.5 Å². The Morgan fingerprint density at radius 1 is 1.15 bits per heavy atom. The number of hydrogen-bond acceptors (Lipinski definition) is 2. The summed E-state index contributed by atoms with van der Waals surface area (Å²) in [6.45, 7) is 0. The van der Waals surface area contributed by atoms with Gasteiger partial charge in [-0.3, -0.25) is 4.79 Å². The number of carbonyl (C=O) groups is 1. The van der Waals surface area contributed by atoms with E-state index in [1.807, 2.05) is 43.4 Å². The van der Waals surface area contributed by atoms with E-state index in [0.29, 0.717) is 6.42 Å². The predicted octanol–water partition coefficient (Wildman–Crippen LogP) is 3.81. The lowest BCUT2D eigenvalue weighted by atomic mass is 9.96. The molecule has 0 fully saturated rings. The molecule has 102 valence electrons. The first-order chi connectivity index (χ1) is 9.66. The van der Waals surface area contributed by atoms with Gasteiger partial charge in [-0.25, -0.2) is 0 Å². The second-order valence-corrected chi connectivity index (χ2v) is 6.05. The summed E-state index contributed by atoms with van der Waals surface area (Å²) < 4.78 is 1.16. The largest absolute Gasteiger partial charge is 0.377 e. The summed E-state index contributed by atoms with van der Waals surface area (Å²) in [4.78, 5) is 13.9. The van der Waals surface area contributed by atoms with Crippen LogP contribution in [0.25, 0.3) is 0 Å². The molecule has 0 saturated heterocycles. The smallest absolute Gasteiger partial charge is 0.229 e. The monoisotopic (exact) mass is 378 g/mol. The summed E-state index contributed by atoms with van der Waals surface area (Å²) in [5.41, 5.74) is 3.24. The molecule has 3 rings (SSSR count). The Kier molecular flexibility index (Phi) is 3.65. The number of nitrogens with zero attached hydrogens (tertiary/aromatic N) is 1. The lowest BCUT2D eigenvalue weighted by molar-refractivity contribution is -0.118. The third-order valence-corrected chi connectivity index (χ3v) is 4.57. The van der Waals surface area contributed by atoms with E-state index >= 15 is 0 Å². The van der Waals surface area contributed by atoms with E-state index in [0.717, 1.165) is 14.9 Å². The van der Waals surface area contributed by atoms with Crippen molar-refractivity contribution in [3.8, 4) is 0 Å². The number of benzene rings is 2. The maximum atomic E-state index is 12.1. The highest BCUT2D eigenvalue weighted by molar-refractivity contribution is 14.1. The summed E-state index contributed by atoms with van der Waals surface area (Å²) in [5, 5.41) is 3.50. The number of carbonyl (C=O) groups excluding carboxylic acids is 1. The first-order valence-corrected chi connectivity index (χ1v) is 7.61. The number of para-hydroxylation sites is 2. The topological polar surface area (TPSA) is 32.3 Å². The molecule has 1 amide bonds. The number of rotatable bonds is 2. The fourth-order valence-corrected chi connectivity index (χ4v) is 3.08. The van der Waals surface area contributed by atoms with E-state index in [4.69, 9.17) is 0 Å². The van der Waals surface area contributed by atoms with E-state index in [1.54, 1.807) is 4.90 Å². The average molecular weight is 378 g/mol. The van der Waals surface area contributed by atoms with E-state index in [-0.39, 0.29) is 11.9 Å². The van der Waals surface area contributed by atoms with Crippen molar-refractivity contribution in [2.24, 2.45) is 0 Å². The van der Waals surface area contributed by atoms with Crippen molar-refractivity contribution in [2.75, 3.05) is 17.3 Å². The molecule has 0 spiro atoms. The Balaban J connectivity index is 1.97. The van der Waals surface area contributed by atoms with Crippen LogP contribution in [0.3, 0.4) is 0 Å². The minimum Gasteiger partial charge on any atom is -0.377 e. The third kappa shape index (κ3) is 2.40. The normalized spacial score (nSPS) is 17.8. The van der Waals surface area contributed by atoms with Crippen molar-refractivity contribution in [3.63, 3.8) is 0 Å². The Bertz CT molecular complexity index is 656. The fraction of sp³-hybridized carbons (Fsp3) is 0.188. The van der Waals surface area contributed by atoms with Crippen LogP contribution in [0.4, 0.5) is 11.4 Å². The molecule has 1 aliphatic rings. The zero-order chi connectivity index (χ0) is 14.1. The van der Waals surface area contributed by atoms with Gasteiger partial charge in [-0.2, -0.15) is 0 Å². The Labute approximate surface area is 132 Å². The molecule has 2 aromatic carbocycles. The standard InChI is InChI=1S/C16H15IN2O/c1-19-15-9-5-2-6-11(15)14(10-16(19)20)18-13-8-4-3-7-12(13)17/h2-9,14,18H,10H2,1H3. The lowest BCUT2D eigenvalue weighted by Crippen LogP contribution is -2.35. The second-order valence-electron chi connectivity index (χ2n) is 4.89. The molecule has 1 unspecified atom stereocenters. The van der Waals surface area contributed by atoms with Crippen LogP contribution < -0.4 is 10.2 Å². The van der Waals surface area contributed by atoms with Gasteiger partial charge in [-0.05, 0) is 46.4 Å². The maximum absolute atomic E-state index is 12.1. The fourth-order valence-electron chi connectivity index (χ4n) is 2.54. The highest BCUT2D eigenvalue weighted by atomic mass is 127. The first-order valence-electron chi connectivity index (χ1n) is 6.53. The molecule has 0 aromatic heterocycles. The second kappa shape index (κ2) is 5.44. The van der Waals surface area contributed by atoms with Crippen LogP contribution >= 0.6 is 22.6 Å². The Morgan fingerprint density at radius 2 is 1.85 bits per heavy atom. The first kappa shape index (κ1) is 13.4. The zero-order valence-electron chi connectivity index (χ0n) is 11.1. The van der Waals surface area contributed by atoms with E-state index in [9.17, 15) is 4.79 Å². The summed E-state index contributed by atoms with van der Waals surface area (Å²) in [7, 11) is 1.84. The van der Waals surface area contributed by atoms with Crippen molar-refractivity contribution >= 4 is 39.9 Å². The summed E-state index contributed by atoms with van der Waals surface area (Å²) in [6, 6.07) is 16.2. The SMILES string of the molecule is CN1C(=O)CC(Nc2ccccc2I)c2ccccc21. The lowest BCUT2D eigenvalue weighted by Gasteiger charge is -2.32. The van der Waals surface area contributed by atoms with E-state index in [2.05, 4.69) is 40.0 Å². The molecule has 0 bridgehead atoms. The molecular weight excluding hydrogens is 363 g/mol. The molecule has 0 aliphatic carbocycles. The van der Waals surface area contributed by atoms with Crippen LogP contribution in [-0.2, 0) is 4.79 Å². The van der Waals surface area contributed by atoms with Crippen molar-refractivity contribution in [1.82, 2.24) is 0 Å². The molecule has 0 radical (unpaired) electrons. The van der Waals surface area contributed by atoms with Crippen LogP contribution in [-0.4, -0.2) is 13.0 Å². The number of amides is 1. The zero-order valence-corrected chi connectivity index (χ0v) is 13.3. The minimum atomic E-state index is 0.0332. The van der Waals surface area contributed by atoms with Crippen molar-refractivity contribution in [3.05, 3.63) is 57.7 Å². The highest BCUT2D eigenvalue weighted by Gasteiger charge is 2.28. The minimum absolute atomic E-state index is 0.0332. The van der Waals surface area contributed by atoms with Crippen molar-refractivity contribution in [1.29, 1.82) is 0 Å². The van der Waals surface area contributed by atoms with Gasteiger partial charge in [0.2, 0.25) is 5.91 Å². The molecule has 1 heterocycles. The van der Waals surface area contributed by atoms with Gasteiger partial charge >= 0.3 is 0 Å². The predicted molar refractivity (Wildman–Crippen MR) is 90.0 cm³/mol. The van der Waals surface area contributed by atoms with Crippen LogP contribution in [0.2, 0.25) is 0 Å². The molecule has 20 heavy (non-hydrogen) atoms. The number of anilines is 2. The maximum Gasteiger partial charge on any atom is 0.229 e. The molecule has 1 aliphatic heterocycles. The van der Waals surface area contributed by atoms with Gasteiger partial charge in [-0.15, -0.1) is 0 Å². The van der Waals surface area contributed by atoms with Crippen LogP contribution in [0.15, 0.2) is 48.5 Å². The van der Waals surface area contributed by atoms with Gasteiger partial charge < -0.3 is 10.2 Å². The van der Waals surface area contributed by atoms with Crippen LogP contribution in [0.5, 0.6) is 0 Å². The molecule has 4 heteroatoms. The molecule has 1 N–H and O–H groups in total. The van der Waals surface area contributed by atoms with Gasteiger partial charge in [0.15, 0.2) is 0 Å². The van der Waals surface area contributed by atoms with E-state index < -0.39 is 0 Å². The van der Waals surface area contributed by atoms with Gasteiger partial charge in [0.1, 0.15) is 0 Å². The Hall–Kier alpha value is -1.56. The quantitative estimate of drug-likeness (QED) is 0.807. The summed E-state index contributed by atoms with van der Waals surface area (Å²) >= 11 is 2.31. The number of fused-ring (bicyclic) bond motifs is 1. The van der Waals surface area contributed by atoms with Crippen molar-refractivity contribution < 1.29 is 4.79 Å². The molecule has 1 atom stereocenters. The molecular formula is C16H15IN2O. The van der Waals surface area contributed by atoms with Crippen LogP contribution in [0, 0.1) is 3.57 Å². The van der Waals surface area contributed by atoms with Gasteiger partial charge in [0.05, 0.1) is 12.5 Å². The Morgan fingerprint density at radius 3 is 2.65 bits per heavy atom. The van der Waals surface area contributed by atoms with Gasteiger partial charge in [0, 0.05) is 22.0 Å². The van der Waals surface area contributed by atoms with E-state index in [1.165, 1.54) is 5.56 Å². The third-order valence-electron chi connectivity index (χ3n) is 3.63. The van der Waals surface area contributed by atoms with Gasteiger partial charge in [-0.1, -0.05) is 30.3 Å². The summed E-state index contributed by atoms with van der Waals surface area (Å²) in [5.74, 6) is 0.145. The van der Waals surface area contributed by atoms with Gasteiger partial charge in [0.25, 0.3) is 0 Å². The van der Waals surface area contributed by atoms with Crippen LogP contribution in [0.1, 0.15) is 18.0 Å². The number of hydrogen-bond donors (Lipinski definition) is 1. The number of nitrogens with one attached hydrogen (secondary N) is 1. The average Bonchev–Trinajstić information content (AvgIpc) is 2.47.